The van der Waals surface area contributed by atoms with Crippen LogP contribution in [0.1, 0.15) is 12.5 Å². The predicted octanol–water partition coefficient (Wildman–Crippen LogP) is 3.89. The van der Waals surface area contributed by atoms with Crippen LogP contribution in [0.25, 0.3) is 28.2 Å². The highest BCUT2D eigenvalue weighted by atomic mass is 35.5. The van der Waals surface area contributed by atoms with Gasteiger partial charge in [0.15, 0.2) is 5.82 Å². The number of tetrazole rings is 1. The Kier molecular flexibility index (Phi) is 5.16. The van der Waals surface area contributed by atoms with E-state index in [0.717, 1.165) is 22.4 Å². The van der Waals surface area contributed by atoms with Gasteiger partial charge in [0.2, 0.25) is 5.91 Å². The molecule has 0 bridgehead atoms. The average molecular weight is 420 g/mol. The molecule has 0 spiro atoms. The number of nitrogens with zero attached hydrogens (tertiary/aromatic N) is 5. The predicted molar refractivity (Wildman–Crippen MR) is 116 cm³/mol. The van der Waals surface area contributed by atoms with Crippen LogP contribution in [0.15, 0.2) is 54.7 Å². The highest BCUT2D eigenvalue weighted by molar-refractivity contribution is 6.31. The van der Waals surface area contributed by atoms with Crippen molar-refractivity contribution in [1.29, 1.82) is 0 Å². The molecule has 0 atom stereocenters. The van der Waals surface area contributed by atoms with Crippen LogP contribution in [-0.2, 0) is 4.79 Å². The summed E-state index contributed by atoms with van der Waals surface area (Å²) in [6.07, 6.45) is 1.67. The molecule has 2 heterocycles. The number of halogens is 1. The number of anilines is 2. The second-order valence-corrected chi connectivity index (χ2v) is 7.12. The molecular weight excluding hydrogens is 402 g/mol. The number of hydrogen-bond acceptors (Lipinski definition) is 6. The Morgan fingerprint density at radius 1 is 1.13 bits per heavy atom. The van der Waals surface area contributed by atoms with Crippen molar-refractivity contribution in [1.82, 2.24) is 25.2 Å². The number of carbonyl (C=O) groups is 1. The fraction of sp³-hybridized carbons (Fsp3) is 0.0952. The first-order valence-electron chi connectivity index (χ1n) is 9.12. The van der Waals surface area contributed by atoms with Crippen LogP contribution in [0.3, 0.4) is 0 Å². The topological polar surface area (TPSA) is 112 Å². The Hall–Kier alpha value is -3.78. The molecule has 9 heteroatoms. The molecule has 30 heavy (non-hydrogen) atoms. The summed E-state index contributed by atoms with van der Waals surface area (Å²) < 4.78 is 1.59. The zero-order chi connectivity index (χ0) is 21.3. The molecule has 0 saturated carbocycles. The Balaban J connectivity index is 1.81. The van der Waals surface area contributed by atoms with Crippen molar-refractivity contribution in [3.05, 3.63) is 65.3 Å². The van der Waals surface area contributed by atoms with Gasteiger partial charge in [-0.2, -0.15) is 4.68 Å². The van der Waals surface area contributed by atoms with Gasteiger partial charge < -0.3 is 11.1 Å². The molecule has 1 amide bonds. The van der Waals surface area contributed by atoms with Gasteiger partial charge in [0.25, 0.3) is 0 Å². The molecule has 0 saturated heterocycles. The van der Waals surface area contributed by atoms with Crippen molar-refractivity contribution in [2.24, 2.45) is 0 Å². The van der Waals surface area contributed by atoms with Gasteiger partial charge in [0, 0.05) is 29.4 Å². The molecule has 150 valence electrons. The number of carbonyl (C=O) groups excluding carboxylic acids is 1. The van der Waals surface area contributed by atoms with E-state index in [9.17, 15) is 4.79 Å². The van der Waals surface area contributed by atoms with Crippen molar-refractivity contribution in [2.75, 3.05) is 11.1 Å². The van der Waals surface area contributed by atoms with E-state index in [1.165, 1.54) is 6.92 Å². The van der Waals surface area contributed by atoms with E-state index >= 15 is 0 Å². The summed E-state index contributed by atoms with van der Waals surface area (Å²) in [5.41, 5.74) is 10.7. The number of aromatic nitrogens is 5. The number of nitrogens with one attached hydrogen (secondary N) is 1. The molecule has 4 rings (SSSR count). The second-order valence-electron chi connectivity index (χ2n) is 6.72. The van der Waals surface area contributed by atoms with Gasteiger partial charge >= 0.3 is 0 Å². The third-order valence-electron chi connectivity index (χ3n) is 4.61. The minimum atomic E-state index is -0.140. The van der Waals surface area contributed by atoms with E-state index in [2.05, 4.69) is 25.8 Å². The normalized spacial score (nSPS) is 10.8. The molecule has 3 N–H and O–H groups in total. The van der Waals surface area contributed by atoms with Crippen LogP contribution in [0.4, 0.5) is 11.5 Å². The third kappa shape index (κ3) is 3.72. The van der Waals surface area contributed by atoms with Crippen LogP contribution < -0.4 is 11.1 Å². The maximum absolute atomic E-state index is 11.4. The highest BCUT2D eigenvalue weighted by Gasteiger charge is 2.17. The van der Waals surface area contributed by atoms with E-state index in [0.29, 0.717) is 27.9 Å². The van der Waals surface area contributed by atoms with Crippen LogP contribution in [-0.4, -0.2) is 31.1 Å². The summed E-state index contributed by atoms with van der Waals surface area (Å²) >= 11 is 6.27. The number of nitrogens with two attached hydrogens (primary N) is 1. The molecule has 2 aromatic carbocycles. The zero-order valence-corrected chi connectivity index (χ0v) is 17.1. The molecular formula is C21H18ClN7O. The number of benzene rings is 2. The number of nitrogen functional groups attached to an aromatic ring is 1. The van der Waals surface area contributed by atoms with E-state index in [-0.39, 0.29) is 5.91 Å². The minimum Gasteiger partial charge on any atom is -0.383 e. The maximum atomic E-state index is 11.4. The van der Waals surface area contributed by atoms with Crippen molar-refractivity contribution in [2.45, 2.75) is 13.8 Å². The summed E-state index contributed by atoms with van der Waals surface area (Å²) in [6.45, 7) is 3.36. The van der Waals surface area contributed by atoms with Crippen molar-refractivity contribution in [3.8, 4) is 28.2 Å². The summed E-state index contributed by atoms with van der Waals surface area (Å²) in [7, 11) is 0. The Bertz CT molecular complexity index is 1250. The lowest BCUT2D eigenvalue weighted by Gasteiger charge is -2.11. The monoisotopic (exact) mass is 419 g/mol. The molecule has 0 fully saturated rings. The molecule has 4 aromatic rings. The molecule has 0 unspecified atom stereocenters. The van der Waals surface area contributed by atoms with Gasteiger partial charge in [0.05, 0.1) is 11.3 Å². The Morgan fingerprint density at radius 3 is 2.73 bits per heavy atom. The number of hydrogen-bond donors (Lipinski definition) is 2. The molecule has 0 radical (unpaired) electrons. The average Bonchev–Trinajstić information content (AvgIpc) is 3.19. The van der Waals surface area contributed by atoms with Crippen LogP contribution >= 0.6 is 11.6 Å². The van der Waals surface area contributed by atoms with Crippen molar-refractivity contribution >= 4 is 29.0 Å². The molecule has 0 aliphatic heterocycles. The first kappa shape index (κ1) is 19.5. The quantitative estimate of drug-likeness (QED) is 0.519. The first-order valence-corrected chi connectivity index (χ1v) is 9.49. The van der Waals surface area contributed by atoms with Gasteiger partial charge in [-0.25, -0.2) is 4.98 Å². The van der Waals surface area contributed by atoms with Gasteiger partial charge in [-0.05, 0) is 58.8 Å². The van der Waals surface area contributed by atoms with E-state index in [1.807, 2.05) is 55.5 Å². The standard InChI is InChI=1S/C21H18ClN7O/c1-12-18(22)7-4-8-19(12)29-21(26-27-28-29)17-10-15(11-24-20(17)23)14-5-3-6-16(9-14)25-13(2)30/h3-11H,1-2H3,(H2,23,24)(H,25,30). The lowest BCUT2D eigenvalue weighted by Crippen LogP contribution is -2.06. The van der Waals surface area contributed by atoms with Gasteiger partial charge in [-0.1, -0.05) is 29.8 Å². The zero-order valence-electron chi connectivity index (χ0n) is 16.3. The summed E-state index contributed by atoms with van der Waals surface area (Å²) in [4.78, 5) is 15.7. The summed E-state index contributed by atoms with van der Waals surface area (Å²) in [5.74, 6) is 0.608. The van der Waals surface area contributed by atoms with E-state index in [4.69, 9.17) is 17.3 Å². The Labute approximate surface area is 177 Å². The summed E-state index contributed by atoms with van der Waals surface area (Å²) in [6, 6.07) is 14.9. The van der Waals surface area contributed by atoms with Crippen molar-refractivity contribution in [3.63, 3.8) is 0 Å². The van der Waals surface area contributed by atoms with Crippen LogP contribution in [0.2, 0.25) is 5.02 Å². The van der Waals surface area contributed by atoms with Crippen LogP contribution in [0.5, 0.6) is 0 Å². The highest BCUT2D eigenvalue weighted by Crippen LogP contribution is 2.31. The SMILES string of the molecule is CC(=O)Nc1cccc(-c2cnc(N)c(-c3nnnn3-c3cccc(Cl)c3C)c2)c1. The number of rotatable bonds is 4. The minimum absolute atomic E-state index is 0.140. The lowest BCUT2D eigenvalue weighted by atomic mass is 10.0. The molecule has 0 aliphatic rings. The van der Waals surface area contributed by atoms with Gasteiger partial charge in [-0.15, -0.1) is 5.10 Å². The number of amides is 1. The van der Waals surface area contributed by atoms with E-state index in [1.54, 1.807) is 10.9 Å². The molecule has 0 aliphatic carbocycles. The first-order chi connectivity index (χ1) is 14.4. The largest absolute Gasteiger partial charge is 0.383 e. The second kappa shape index (κ2) is 7.92. The smallest absolute Gasteiger partial charge is 0.221 e. The Morgan fingerprint density at radius 2 is 1.93 bits per heavy atom. The summed E-state index contributed by atoms with van der Waals surface area (Å²) in [5, 5.41) is 15.5. The van der Waals surface area contributed by atoms with Gasteiger partial charge in [-0.3, -0.25) is 4.79 Å². The molecule has 2 aromatic heterocycles. The van der Waals surface area contributed by atoms with Crippen molar-refractivity contribution < 1.29 is 4.79 Å². The maximum Gasteiger partial charge on any atom is 0.221 e. The molecule has 8 nitrogen and oxygen atoms in total. The van der Waals surface area contributed by atoms with E-state index < -0.39 is 0 Å². The fourth-order valence-corrected chi connectivity index (χ4v) is 3.30. The van der Waals surface area contributed by atoms with Crippen LogP contribution in [0, 0.1) is 6.92 Å². The third-order valence-corrected chi connectivity index (χ3v) is 5.02. The van der Waals surface area contributed by atoms with Gasteiger partial charge in [0.1, 0.15) is 5.82 Å². The lowest BCUT2D eigenvalue weighted by molar-refractivity contribution is -0.114. The number of pyridine rings is 1. The fourth-order valence-electron chi connectivity index (χ4n) is 3.13.